The molecule has 0 unspecified atom stereocenters. The minimum absolute atomic E-state index is 0.160. The fraction of sp³-hybridized carbons (Fsp3) is 0.333. The lowest BCUT2D eigenvalue weighted by Crippen LogP contribution is -2.16. The van der Waals surface area contributed by atoms with Gasteiger partial charge in [-0.05, 0) is 6.07 Å². The quantitative estimate of drug-likeness (QED) is 0.920. The largest absolute Gasteiger partial charge is 0.494 e. The second-order valence-electron chi connectivity index (χ2n) is 4.01. The molecule has 1 aromatic heterocycles. The molecule has 0 aliphatic carbocycles. The molecule has 1 aromatic carbocycles. The molecule has 20 heavy (non-hydrogen) atoms. The molecule has 2 N–H and O–H groups in total. The first kappa shape index (κ1) is 13.0. The van der Waals surface area contributed by atoms with E-state index >= 15 is 0 Å². The number of ether oxygens (including phenoxy) is 3. The van der Waals surface area contributed by atoms with Crippen molar-refractivity contribution in [3.05, 3.63) is 17.0 Å². The first-order chi connectivity index (χ1) is 9.74. The van der Waals surface area contributed by atoms with Crippen molar-refractivity contribution in [3.8, 4) is 28.6 Å². The van der Waals surface area contributed by atoms with Crippen LogP contribution in [0.5, 0.6) is 17.2 Å². The van der Waals surface area contributed by atoms with Gasteiger partial charge in [-0.15, -0.1) is 0 Å². The van der Waals surface area contributed by atoms with Gasteiger partial charge in [0.05, 0.1) is 19.2 Å². The predicted molar refractivity (Wildman–Crippen MR) is 70.2 cm³/mol. The minimum Gasteiger partial charge on any atom is -0.494 e. The van der Waals surface area contributed by atoms with Gasteiger partial charge in [0.2, 0.25) is 11.7 Å². The third kappa shape index (κ3) is 2.04. The van der Waals surface area contributed by atoms with Gasteiger partial charge in [0.15, 0.2) is 17.2 Å². The third-order valence-electron chi connectivity index (χ3n) is 2.82. The third-order valence-corrected chi connectivity index (χ3v) is 3.16. The van der Waals surface area contributed by atoms with E-state index in [4.69, 9.17) is 36.1 Å². The Kier molecular flexibility index (Phi) is 3.37. The summed E-state index contributed by atoms with van der Waals surface area (Å²) in [6.07, 6.45) is 0. The van der Waals surface area contributed by atoms with Crippen molar-refractivity contribution in [1.82, 2.24) is 10.1 Å². The zero-order chi connectivity index (χ0) is 14.1. The Balaban J connectivity index is 2.16. The van der Waals surface area contributed by atoms with Crippen molar-refractivity contribution < 1.29 is 18.7 Å². The van der Waals surface area contributed by atoms with Crippen molar-refractivity contribution in [1.29, 1.82) is 0 Å². The molecule has 0 amide bonds. The maximum Gasteiger partial charge on any atom is 0.240 e. The molecular weight excluding hydrogens is 286 g/mol. The van der Waals surface area contributed by atoms with E-state index < -0.39 is 0 Å². The van der Waals surface area contributed by atoms with E-state index in [0.29, 0.717) is 52.8 Å². The summed E-state index contributed by atoms with van der Waals surface area (Å²) in [5, 5.41) is 4.17. The fourth-order valence-electron chi connectivity index (χ4n) is 1.94. The molecule has 2 heterocycles. The van der Waals surface area contributed by atoms with Crippen LogP contribution in [0, 0.1) is 0 Å². The van der Waals surface area contributed by atoms with Crippen LogP contribution in [0.2, 0.25) is 5.02 Å². The maximum absolute atomic E-state index is 6.28. The number of aromatic nitrogens is 2. The Morgan fingerprint density at radius 3 is 2.90 bits per heavy atom. The Morgan fingerprint density at radius 1 is 1.40 bits per heavy atom. The van der Waals surface area contributed by atoms with Gasteiger partial charge in [-0.1, -0.05) is 16.8 Å². The second kappa shape index (κ2) is 5.18. The van der Waals surface area contributed by atoms with E-state index in [9.17, 15) is 0 Å². The SMILES string of the molecule is COc1c(-c2noc(CN)n2)cc2c(c1Cl)OCCO2. The van der Waals surface area contributed by atoms with Gasteiger partial charge >= 0.3 is 0 Å². The lowest BCUT2D eigenvalue weighted by Gasteiger charge is -2.21. The molecule has 1 aliphatic heterocycles. The number of benzene rings is 1. The van der Waals surface area contributed by atoms with Crippen LogP contribution in [0.25, 0.3) is 11.4 Å². The normalized spacial score (nSPS) is 13.3. The lowest BCUT2D eigenvalue weighted by molar-refractivity contribution is 0.171. The number of nitrogens with two attached hydrogens (primary N) is 1. The van der Waals surface area contributed by atoms with Gasteiger partial charge in [0, 0.05) is 0 Å². The topological polar surface area (TPSA) is 92.6 Å². The summed E-state index contributed by atoms with van der Waals surface area (Å²) in [7, 11) is 1.50. The summed E-state index contributed by atoms with van der Waals surface area (Å²) in [5.74, 6) is 2.05. The summed E-state index contributed by atoms with van der Waals surface area (Å²) >= 11 is 6.28. The molecule has 8 heteroatoms. The van der Waals surface area contributed by atoms with Crippen LogP contribution < -0.4 is 19.9 Å². The summed E-state index contributed by atoms with van der Waals surface area (Å²) in [6.45, 7) is 1.05. The molecule has 7 nitrogen and oxygen atoms in total. The number of rotatable bonds is 3. The highest BCUT2D eigenvalue weighted by atomic mass is 35.5. The fourth-order valence-corrected chi connectivity index (χ4v) is 2.27. The van der Waals surface area contributed by atoms with E-state index in [2.05, 4.69) is 10.1 Å². The van der Waals surface area contributed by atoms with E-state index in [0.717, 1.165) is 0 Å². The molecule has 0 bridgehead atoms. The molecular formula is C12H12ClN3O4. The second-order valence-corrected chi connectivity index (χ2v) is 4.39. The number of fused-ring (bicyclic) bond motifs is 1. The highest BCUT2D eigenvalue weighted by Crippen LogP contribution is 2.48. The number of hydrogen-bond donors (Lipinski definition) is 1. The summed E-state index contributed by atoms with van der Waals surface area (Å²) in [5.41, 5.74) is 6.01. The predicted octanol–water partition coefficient (Wildman–Crippen LogP) is 1.63. The van der Waals surface area contributed by atoms with Crippen molar-refractivity contribution in [2.24, 2.45) is 5.73 Å². The van der Waals surface area contributed by atoms with Gasteiger partial charge < -0.3 is 24.5 Å². The van der Waals surface area contributed by atoms with Crippen LogP contribution in [0.1, 0.15) is 5.89 Å². The molecule has 2 aromatic rings. The van der Waals surface area contributed by atoms with Crippen LogP contribution in [-0.4, -0.2) is 30.5 Å². The van der Waals surface area contributed by atoms with Crippen LogP contribution in [-0.2, 0) is 6.54 Å². The molecule has 106 valence electrons. The minimum atomic E-state index is 0.160. The Hall–Kier alpha value is -1.99. The van der Waals surface area contributed by atoms with E-state index in [1.807, 2.05) is 0 Å². The van der Waals surface area contributed by atoms with E-state index in [-0.39, 0.29) is 6.54 Å². The van der Waals surface area contributed by atoms with Gasteiger partial charge in [0.1, 0.15) is 18.2 Å². The molecule has 0 spiro atoms. The highest BCUT2D eigenvalue weighted by Gasteiger charge is 2.25. The van der Waals surface area contributed by atoms with Gasteiger partial charge in [0.25, 0.3) is 0 Å². The molecule has 0 saturated carbocycles. The van der Waals surface area contributed by atoms with Gasteiger partial charge in [-0.2, -0.15) is 4.98 Å². The van der Waals surface area contributed by atoms with Crippen LogP contribution in [0.4, 0.5) is 0 Å². The first-order valence-electron chi connectivity index (χ1n) is 5.93. The summed E-state index contributed by atoms with van der Waals surface area (Å²) in [4.78, 5) is 4.16. The van der Waals surface area contributed by atoms with Gasteiger partial charge in [-0.25, -0.2) is 0 Å². The van der Waals surface area contributed by atoms with E-state index in [1.165, 1.54) is 7.11 Å². The average molecular weight is 298 g/mol. The monoisotopic (exact) mass is 297 g/mol. The molecule has 0 radical (unpaired) electrons. The van der Waals surface area contributed by atoms with Crippen LogP contribution in [0.3, 0.4) is 0 Å². The molecule has 1 aliphatic rings. The van der Waals surface area contributed by atoms with E-state index in [1.54, 1.807) is 6.07 Å². The maximum atomic E-state index is 6.28. The number of halogens is 1. The average Bonchev–Trinajstić information content (AvgIpc) is 2.96. The molecule has 0 fully saturated rings. The van der Waals surface area contributed by atoms with Crippen LogP contribution in [0.15, 0.2) is 10.6 Å². The van der Waals surface area contributed by atoms with Crippen molar-refractivity contribution in [3.63, 3.8) is 0 Å². The first-order valence-corrected chi connectivity index (χ1v) is 6.31. The Morgan fingerprint density at radius 2 is 2.20 bits per heavy atom. The van der Waals surface area contributed by atoms with Crippen LogP contribution >= 0.6 is 11.6 Å². The number of hydrogen-bond acceptors (Lipinski definition) is 7. The molecule has 0 saturated heterocycles. The molecule has 0 atom stereocenters. The molecule has 3 rings (SSSR count). The summed E-state index contributed by atoms with van der Waals surface area (Å²) < 4.78 is 21.3. The van der Waals surface area contributed by atoms with Crippen molar-refractivity contribution in [2.75, 3.05) is 20.3 Å². The van der Waals surface area contributed by atoms with Crippen molar-refractivity contribution in [2.45, 2.75) is 6.54 Å². The summed E-state index contributed by atoms with van der Waals surface area (Å²) in [6, 6.07) is 1.71. The van der Waals surface area contributed by atoms with Gasteiger partial charge in [-0.3, -0.25) is 0 Å². The van der Waals surface area contributed by atoms with Crippen molar-refractivity contribution >= 4 is 11.6 Å². The zero-order valence-corrected chi connectivity index (χ0v) is 11.4. The standard InChI is InChI=1S/C12H12ClN3O4/c1-17-10-6(12-15-8(5-14)20-16-12)4-7-11(9(10)13)19-3-2-18-7/h4H,2-3,5,14H2,1H3. The number of nitrogens with zero attached hydrogens (tertiary/aromatic N) is 2. The smallest absolute Gasteiger partial charge is 0.240 e. The Bertz CT molecular complexity index is 644. The number of methoxy groups -OCH3 is 1. The Labute approximate surface area is 119 Å². The lowest BCUT2D eigenvalue weighted by atomic mass is 10.1. The zero-order valence-electron chi connectivity index (χ0n) is 10.7. The highest BCUT2D eigenvalue weighted by molar-refractivity contribution is 6.34.